The third-order valence-corrected chi connectivity index (χ3v) is 2.90. The third-order valence-electron chi connectivity index (χ3n) is 2.90. The molecule has 0 saturated carbocycles. The summed E-state index contributed by atoms with van der Waals surface area (Å²) in [4.78, 5) is 0. The van der Waals surface area contributed by atoms with Gasteiger partial charge in [0.05, 0.1) is 7.11 Å². The molecule has 0 aliphatic rings. The number of likely N-dealkylation sites (N-methyl/N-ethyl adjacent to an activating group) is 1. The van der Waals surface area contributed by atoms with E-state index in [-0.39, 0.29) is 0 Å². The summed E-state index contributed by atoms with van der Waals surface area (Å²) in [6.07, 6.45) is 0. The number of nitrogens with one attached hydrogen (secondary N) is 2. The zero-order chi connectivity index (χ0) is 12.7. The molecule has 3 nitrogen and oxygen atoms in total. The van der Waals surface area contributed by atoms with Crippen LogP contribution in [0.25, 0.3) is 0 Å². The summed E-state index contributed by atoms with van der Waals surface area (Å²) in [6, 6.07) is 4.31. The van der Waals surface area contributed by atoms with E-state index in [2.05, 4.69) is 43.5 Å². The number of rotatable bonds is 7. The standard InChI is InChI=1S/C14H24N2O/c1-5-15-6-7-16-10-13-8-12(3)14(17-4)9-11(13)2/h8-9,15-16H,5-7,10H2,1-4H3. The van der Waals surface area contributed by atoms with Crippen molar-refractivity contribution in [2.24, 2.45) is 0 Å². The van der Waals surface area contributed by atoms with Crippen molar-refractivity contribution in [2.45, 2.75) is 27.3 Å². The molecule has 0 aliphatic heterocycles. The lowest BCUT2D eigenvalue weighted by Gasteiger charge is -2.12. The Kier molecular flexibility index (Phi) is 6.01. The van der Waals surface area contributed by atoms with Gasteiger partial charge in [0.1, 0.15) is 5.75 Å². The van der Waals surface area contributed by atoms with Crippen LogP contribution < -0.4 is 15.4 Å². The van der Waals surface area contributed by atoms with Crippen molar-refractivity contribution in [1.29, 1.82) is 0 Å². The Labute approximate surface area is 105 Å². The van der Waals surface area contributed by atoms with E-state index in [1.54, 1.807) is 7.11 Å². The molecule has 1 rings (SSSR count). The highest BCUT2D eigenvalue weighted by Crippen LogP contribution is 2.22. The molecule has 1 aromatic rings. The number of benzene rings is 1. The van der Waals surface area contributed by atoms with Gasteiger partial charge < -0.3 is 15.4 Å². The molecule has 0 saturated heterocycles. The summed E-state index contributed by atoms with van der Waals surface area (Å²) < 4.78 is 5.31. The zero-order valence-electron chi connectivity index (χ0n) is 11.4. The number of ether oxygens (including phenoxy) is 1. The molecule has 0 amide bonds. The summed E-state index contributed by atoms with van der Waals surface area (Å²) in [5, 5.41) is 6.73. The molecule has 17 heavy (non-hydrogen) atoms. The Morgan fingerprint density at radius 2 is 1.76 bits per heavy atom. The minimum atomic E-state index is 0.919. The zero-order valence-corrected chi connectivity index (χ0v) is 11.4. The van der Waals surface area contributed by atoms with E-state index in [4.69, 9.17) is 4.74 Å². The molecule has 0 heterocycles. The third kappa shape index (κ3) is 4.36. The minimum Gasteiger partial charge on any atom is -0.496 e. The molecule has 2 N–H and O–H groups in total. The van der Waals surface area contributed by atoms with Crippen molar-refractivity contribution in [3.63, 3.8) is 0 Å². The van der Waals surface area contributed by atoms with Crippen molar-refractivity contribution >= 4 is 0 Å². The normalized spacial score (nSPS) is 10.6. The fourth-order valence-corrected chi connectivity index (χ4v) is 1.84. The summed E-state index contributed by atoms with van der Waals surface area (Å²) in [7, 11) is 1.72. The van der Waals surface area contributed by atoms with Crippen LogP contribution in [0.2, 0.25) is 0 Å². The fraction of sp³-hybridized carbons (Fsp3) is 0.571. The molecule has 0 spiro atoms. The Bertz CT molecular complexity index is 350. The van der Waals surface area contributed by atoms with Gasteiger partial charge in [0.25, 0.3) is 0 Å². The van der Waals surface area contributed by atoms with E-state index < -0.39 is 0 Å². The van der Waals surface area contributed by atoms with Crippen molar-refractivity contribution < 1.29 is 4.74 Å². The SMILES string of the molecule is CCNCCNCc1cc(C)c(OC)cc1C. The van der Waals surface area contributed by atoms with Gasteiger partial charge in [-0.05, 0) is 43.1 Å². The van der Waals surface area contributed by atoms with Gasteiger partial charge in [0, 0.05) is 19.6 Å². The number of methoxy groups -OCH3 is 1. The molecule has 96 valence electrons. The molecule has 1 aromatic carbocycles. The first-order valence-corrected chi connectivity index (χ1v) is 6.24. The van der Waals surface area contributed by atoms with Gasteiger partial charge in [0.2, 0.25) is 0 Å². The highest BCUT2D eigenvalue weighted by atomic mass is 16.5. The Hall–Kier alpha value is -1.06. The molecule has 0 fully saturated rings. The number of hydrogen-bond acceptors (Lipinski definition) is 3. The Balaban J connectivity index is 2.51. The molecule has 0 radical (unpaired) electrons. The van der Waals surface area contributed by atoms with Crippen molar-refractivity contribution in [2.75, 3.05) is 26.7 Å². The Morgan fingerprint density at radius 1 is 1.06 bits per heavy atom. The van der Waals surface area contributed by atoms with Crippen molar-refractivity contribution in [3.05, 3.63) is 28.8 Å². The summed E-state index contributed by atoms with van der Waals surface area (Å²) >= 11 is 0. The van der Waals surface area contributed by atoms with Crippen molar-refractivity contribution in [1.82, 2.24) is 10.6 Å². The first-order valence-electron chi connectivity index (χ1n) is 6.24. The Morgan fingerprint density at radius 3 is 2.41 bits per heavy atom. The highest BCUT2D eigenvalue weighted by Gasteiger charge is 2.04. The van der Waals surface area contributed by atoms with Gasteiger partial charge in [-0.25, -0.2) is 0 Å². The van der Waals surface area contributed by atoms with Crippen LogP contribution in [0.1, 0.15) is 23.6 Å². The second kappa shape index (κ2) is 7.30. The van der Waals surface area contributed by atoms with E-state index in [0.29, 0.717) is 0 Å². The predicted molar refractivity (Wildman–Crippen MR) is 72.7 cm³/mol. The predicted octanol–water partition coefficient (Wildman–Crippen LogP) is 2.01. The van der Waals surface area contributed by atoms with Crippen LogP contribution in [-0.2, 0) is 6.54 Å². The van der Waals surface area contributed by atoms with Crippen LogP contribution in [0.3, 0.4) is 0 Å². The molecular weight excluding hydrogens is 212 g/mol. The average molecular weight is 236 g/mol. The van der Waals surface area contributed by atoms with E-state index in [1.807, 2.05) is 0 Å². The lowest BCUT2D eigenvalue weighted by Crippen LogP contribution is -2.27. The van der Waals surface area contributed by atoms with E-state index in [0.717, 1.165) is 31.9 Å². The summed E-state index contributed by atoms with van der Waals surface area (Å²) in [5.41, 5.74) is 3.82. The number of aryl methyl sites for hydroxylation is 2. The molecule has 0 atom stereocenters. The van der Waals surface area contributed by atoms with Gasteiger partial charge in [-0.1, -0.05) is 13.0 Å². The molecular formula is C14H24N2O. The second-order valence-electron chi connectivity index (χ2n) is 4.28. The van der Waals surface area contributed by atoms with Gasteiger partial charge in [0.15, 0.2) is 0 Å². The molecule has 0 unspecified atom stereocenters. The van der Waals surface area contributed by atoms with E-state index >= 15 is 0 Å². The lowest BCUT2D eigenvalue weighted by atomic mass is 10.0. The topological polar surface area (TPSA) is 33.3 Å². The number of hydrogen-bond donors (Lipinski definition) is 2. The molecule has 3 heteroatoms. The van der Waals surface area contributed by atoms with E-state index in [9.17, 15) is 0 Å². The van der Waals surface area contributed by atoms with E-state index in [1.165, 1.54) is 16.7 Å². The summed E-state index contributed by atoms with van der Waals surface area (Å²) in [5.74, 6) is 0.971. The first-order chi connectivity index (χ1) is 8.19. The van der Waals surface area contributed by atoms with Crippen LogP contribution >= 0.6 is 0 Å². The molecule has 0 aromatic heterocycles. The fourth-order valence-electron chi connectivity index (χ4n) is 1.84. The van der Waals surface area contributed by atoms with Crippen LogP contribution in [0.5, 0.6) is 5.75 Å². The maximum absolute atomic E-state index is 5.31. The van der Waals surface area contributed by atoms with Crippen LogP contribution in [0.4, 0.5) is 0 Å². The van der Waals surface area contributed by atoms with Crippen molar-refractivity contribution in [3.8, 4) is 5.75 Å². The van der Waals surface area contributed by atoms with Crippen LogP contribution in [0, 0.1) is 13.8 Å². The maximum Gasteiger partial charge on any atom is 0.122 e. The smallest absolute Gasteiger partial charge is 0.122 e. The molecule has 0 aliphatic carbocycles. The summed E-state index contributed by atoms with van der Waals surface area (Å²) in [6.45, 7) is 10.3. The second-order valence-corrected chi connectivity index (χ2v) is 4.28. The quantitative estimate of drug-likeness (QED) is 0.711. The largest absolute Gasteiger partial charge is 0.496 e. The van der Waals surface area contributed by atoms with Gasteiger partial charge >= 0.3 is 0 Å². The maximum atomic E-state index is 5.31. The lowest BCUT2D eigenvalue weighted by molar-refractivity contribution is 0.411. The first kappa shape index (κ1) is 14.0. The van der Waals surface area contributed by atoms with Gasteiger partial charge in [-0.2, -0.15) is 0 Å². The van der Waals surface area contributed by atoms with Gasteiger partial charge in [-0.3, -0.25) is 0 Å². The molecule has 0 bridgehead atoms. The van der Waals surface area contributed by atoms with Crippen LogP contribution in [0.15, 0.2) is 12.1 Å². The average Bonchev–Trinajstić information content (AvgIpc) is 2.32. The van der Waals surface area contributed by atoms with Crippen LogP contribution in [-0.4, -0.2) is 26.7 Å². The minimum absolute atomic E-state index is 0.919. The monoisotopic (exact) mass is 236 g/mol. The van der Waals surface area contributed by atoms with Gasteiger partial charge in [-0.15, -0.1) is 0 Å². The highest BCUT2D eigenvalue weighted by molar-refractivity contribution is 5.41.